The standard InChI is InChI=1S/C19H25N3OS/c1-14-15-8-7-9-17(15)21-19(16(14)12-20)24-13-18(23)22-10-5-3-2-4-6-11-22/h2-11,13H2,1H3. The normalized spacial score (nSPS) is 17.8. The summed E-state index contributed by atoms with van der Waals surface area (Å²) in [6, 6.07) is 2.31. The third-order valence-electron chi connectivity index (χ3n) is 5.12. The molecule has 0 atom stereocenters. The zero-order valence-corrected chi connectivity index (χ0v) is 15.3. The molecule has 1 amide bonds. The molecule has 0 saturated carbocycles. The van der Waals surface area contributed by atoms with E-state index in [0.717, 1.165) is 61.5 Å². The zero-order valence-electron chi connectivity index (χ0n) is 14.4. The number of nitrogens with zero attached hydrogens (tertiary/aromatic N) is 3. The van der Waals surface area contributed by atoms with Crippen LogP contribution in [0.1, 0.15) is 60.9 Å². The van der Waals surface area contributed by atoms with E-state index in [1.54, 1.807) is 0 Å². The molecule has 1 aromatic heterocycles. The highest BCUT2D eigenvalue weighted by atomic mass is 32.2. The second-order valence-corrected chi connectivity index (χ2v) is 7.71. The summed E-state index contributed by atoms with van der Waals surface area (Å²) in [4.78, 5) is 19.3. The molecule has 1 aromatic rings. The maximum Gasteiger partial charge on any atom is 0.232 e. The molecule has 1 saturated heterocycles. The number of hydrogen-bond acceptors (Lipinski definition) is 4. The van der Waals surface area contributed by atoms with Crippen molar-refractivity contribution in [3.8, 4) is 6.07 Å². The lowest BCUT2D eigenvalue weighted by Gasteiger charge is -2.24. The van der Waals surface area contributed by atoms with Crippen LogP contribution in [0.4, 0.5) is 0 Å². The molecule has 1 fully saturated rings. The van der Waals surface area contributed by atoms with E-state index in [4.69, 9.17) is 4.98 Å². The van der Waals surface area contributed by atoms with Gasteiger partial charge in [0.2, 0.25) is 5.91 Å². The summed E-state index contributed by atoms with van der Waals surface area (Å²) in [7, 11) is 0. The average molecular weight is 343 g/mol. The van der Waals surface area contributed by atoms with Crippen molar-refractivity contribution in [3.63, 3.8) is 0 Å². The molecule has 0 bridgehead atoms. The minimum Gasteiger partial charge on any atom is -0.342 e. The Bertz CT molecular complexity index is 658. The van der Waals surface area contributed by atoms with Crippen LogP contribution in [-0.2, 0) is 17.6 Å². The number of nitriles is 1. The second-order valence-electron chi connectivity index (χ2n) is 6.74. The molecule has 4 nitrogen and oxygen atoms in total. The predicted molar refractivity (Wildman–Crippen MR) is 96.1 cm³/mol. The Labute approximate surface area is 148 Å². The van der Waals surface area contributed by atoms with Gasteiger partial charge >= 0.3 is 0 Å². The Morgan fingerprint density at radius 2 is 1.88 bits per heavy atom. The van der Waals surface area contributed by atoms with Crippen molar-refractivity contribution in [1.29, 1.82) is 5.26 Å². The van der Waals surface area contributed by atoms with E-state index < -0.39 is 0 Å². The van der Waals surface area contributed by atoms with Crippen molar-refractivity contribution < 1.29 is 4.79 Å². The summed E-state index contributed by atoms with van der Waals surface area (Å²) in [5, 5.41) is 10.3. The minimum absolute atomic E-state index is 0.186. The summed E-state index contributed by atoms with van der Waals surface area (Å²) < 4.78 is 0. The number of likely N-dealkylation sites (tertiary alicyclic amines) is 1. The Morgan fingerprint density at radius 1 is 1.17 bits per heavy atom. The second kappa shape index (κ2) is 8.02. The largest absolute Gasteiger partial charge is 0.342 e. The van der Waals surface area contributed by atoms with E-state index in [1.807, 2.05) is 11.8 Å². The number of carbonyl (C=O) groups is 1. The van der Waals surface area contributed by atoms with E-state index in [9.17, 15) is 10.1 Å². The van der Waals surface area contributed by atoms with Crippen molar-refractivity contribution in [1.82, 2.24) is 9.88 Å². The number of fused-ring (bicyclic) bond motifs is 1. The zero-order chi connectivity index (χ0) is 16.9. The third kappa shape index (κ3) is 3.75. The first-order valence-electron chi connectivity index (χ1n) is 9.03. The van der Waals surface area contributed by atoms with E-state index >= 15 is 0 Å². The Kier molecular flexibility index (Phi) is 5.78. The van der Waals surface area contributed by atoms with Crippen molar-refractivity contribution in [2.75, 3.05) is 18.8 Å². The Hall–Kier alpha value is -1.54. The van der Waals surface area contributed by atoms with Gasteiger partial charge in [0.05, 0.1) is 11.3 Å². The van der Waals surface area contributed by atoms with Gasteiger partial charge < -0.3 is 4.90 Å². The molecule has 0 aromatic carbocycles. The number of amides is 1. The van der Waals surface area contributed by atoms with E-state index in [1.165, 1.54) is 36.6 Å². The molecule has 24 heavy (non-hydrogen) atoms. The molecule has 0 radical (unpaired) electrons. The molecule has 0 N–H and O–H groups in total. The maximum atomic E-state index is 12.5. The van der Waals surface area contributed by atoms with Crippen LogP contribution in [-0.4, -0.2) is 34.6 Å². The number of carbonyl (C=O) groups excluding carboxylic acids is 1. The number of pyridine rings is 1. The van der Waals surface area contributed by atoms with Crippen molar-refractivity contribution >= 4 is 17.7 Å². The molecule has 2 heterocycles. The highest BCUT2D eigenvalue weighted by molar-refractivity contribution is 8.00. The molecule has 0 spiro atoms. The quantitative estimate of drug-likeness (QED) is 0.786. The van der Waals surface area contributed by atoms with E-state index in [-0.39, 0.29) is 5.91 Å². The smallest absolute Gasteiger partial charge is 0.232 e. The molecule has 2 aliphatic rings. The summed E-state index contributed by atoms with van der Waals surface area (Å²) in [5.74, 6) is 0.575. The van der Waals surface area contributed by atoms with Crippen molar-refractivity contribution in [2.45, 2.75) is 63.3 Å². The van der Waals surface area contributed by atoms with Crippen molar-refractivity contribution in [3.05, 3.63) is 22.4 Å². The highest BCUT2D eigenvalue weighted by Gasteiger charge is 2.22. The van der Waals surface area contributed by atoms with Crippen LogP contribution >= 0.6 is 11.8 Å². The fraction of sp³-hybridized carbons (Fsp3) is 0.632. The minimum atomic E-state index is 0.186. The van der Waals surface area contributed by atoms with Gasteiger partial charge in [-0.3, -0.25) is 4.79 Å². The van der Waals surface area contributed by atoms with E-state index in [0.29, 0.717) is 11.3 Å². The average Bonchev–Trinajstić information content (AvgIpc) is 3.01. The number of aryl methyl sites for hydroxylation is 1. The fourth-order valence-corrected chi connectivity index (χ4v) is 4.66. The Balaban J connectivity index is 1.69. The van der Waals surface area contributed by atoms with E-state index in [2.05, 4.69) is 6.07 Å². The van der Waals surface area contributed by atoms with Gasteiger partial charge in [0, 0.05) is 18.8 Å². The van der Waals surface area contributed by atoms with Crippen molar-refractivity contribution in [2.24, 2.45) is 0 Å². The van der Waals surface area contributed by atoms with Crippen LogP contribution in [0, 0.1) is 18.3 Å². The molecular weight excluding hydrogens is 318 g/mol. The van der Waals surface area contributed by atoms with Gasteiger partial charge in [-0.2, -0.15) is 5.26 Å². The van der Waals surface area contributed by atoms with Crippen LogP contribution in [0.2, 0.25) is 0 Å². The summed E-state index contributed by atoms with van der Waals surface area (Å²) in [6.45, 7) is 3.77. The van der Waals surface area contributed by atoms with Crippen LogP contribution in [0.15, 0.2) is 5.03 Å². The number of hydrogen-bond donors (Lipinski definition) is 0. The fourth-order valence-electron chi connectivity index (χ4n) is 3.70. The molecule has 5 heteroatoms. The van der Waals surface area contributed by atoms with Crippen LogP contribution in [0.3, 0.4) is 0 Å². The highest BCUT2D eigenvalue weighted by Crippen LogP contribution is 2.31. The van der Waals surface area contributed by atoms with Gasteiger partial charge in [-0.25, -0.2) is 4.98 Å². The lowest BCUT2D eigenvalue weighted by molar-refractivity contribution is -0.128. The molecule has 1 aliphatic carbocycles. The topological polar surface area (TPSA) is 57.0 Å². The summed E-state index contributed by atoms with van der Waals surface area (Å²) in [5.41, 5.74) is 4.13. The first kappa shape index (κ1) is 17.3. The number of aromatic nitrogens is 1. The first-order valence-corrected chi connectivity index (χ1v) is 10.0. The summed E-state index contributed by atoms with van der Waals surface area (Å²) in [6.07, 6.45) is 9.10. The SMILES string of the molecule is Cc1c(C#N)c(SCC(=O)N2CCCCCCC2)nc2c1CCC2. The van der Waals surface area contributed by atoms with Crippen LogP contribution in [0.25, 0.3) is 0 Å². The summed E-state index contributed by atoms with van der Waals surface area (Å²) >= 11 is 1.44. The third-order valence-corrected chi connectivity index (χ3v) is 6.08. The van der Waals surface area contributed by atoms with Gasteiger partial charge in [-0.1, -0.05) is 31.0 Å². The molecule has 128 valence electrons. The first-order chi connectivity index (χ1) is 11.7. The van der Waals surface area contributed by atoms with Gasteiger partial charge in [-0.05, 0) is 50.2 Å². The monoisotopic (exact) mass is 343 g/mol. The molecule has 0 unspecified atom stereocenters. The predicted octanol–water partition coefficient (Wildman–Crippen LogP) is 3.64. The van der Waals surface area contributed by atoms with Gasteiger partial charge in [0.1, 0.15) is 11.1 Å². The number of rotatable bonds is 3. The van der Waals surface area contributed by atoms with Crippen LogP contribution < -0.4 is 0 Å². The molecule has 1 aliphatic heterocycles. The molecule has 3 rings (SSSR count). The van der Waals surface area contributed by atoms with Gasteiger partial charge in [0.25, 0.3) is 0 Å². The lowest BCUT2D eigenvalue weighted by atomic mass is 10.0. The van der Waals surface area contributed by atoms with Crippen LogP contribution in [0.5, 0.6) is 0 Å². The maximum absolute atomic E-state index is 12.5. The van der Waals surface area contributed by atoms with Gasteiger partial charge in [-0.15, -0.1) is 0 Å². The lowest BCUT2D eigenvalue weighted by Crippen LogP contribution is -2.35. The molecular formula is C19H25N3OS. The Morgan fingerprint density at radius 3 is 2.58 bits per heavy atom. The number of thioether (sulfide) groups is 1. The van der Waals surface area contributed by atoms with Gasteiger partial charge in [0.15, 0.2) is 0 Å².